The van der Waals surface area contributed by atoms with Crippen LogP contribution in [0.4, 0.5) is 0 Å². The van der Waals surface area contributed by atoms with Gasteiger partial charge in [0, 0.05) is 25.7 Å². The van der Waals surface area contributed by atoms with E-state index in [1.165, 1.54) is 12.2 Å². The van der Waals surface area contributed by atoms with Crippen LogP contribution in [0.1, 0.15) is 0 Å². The van der Waals surface area contributed by atoms with Crippen molar-refractivity contribution in [3.05, 3.63) is 50.1 Å². The van der Waals surface area contributed by atoms with Gasteiger partial charge in [0.2, 0.25) is 0 Å². The average Bonchev–Trinajstić information content (AvgIpc) is 2.27. The molecule has 0 aromatic carbocycles. The van der Waals surface area contributed by atoms with Crippen LogP contribution in [-0.4, -0.2) is 37.1 Å². The number of hydrogen-bond donors (Lipinski definition) is 0. The number of esters is 1. The Hall–Kier alpha value is -1.61. The molecule has 3 heteroatoms. The van der Waals surface area contributed by atoms with E-state index in [2.05, 4.69) is 24.6 Å². The molecule has 0 saturated carbocycles. The zero-order valence-corrected chi connectivity index (χ0v) is 9.60. The first-order valence-electron chi connectivity index (χ1n) is 5.13. The summed E-state index contributed by atoms with van der Waals surface area (Å²) >= 11 is 0. The van der Waals surface area contributed by atoms with Gasteiger partial charge in [-0.2, -0.15) is 0 Å². The monoisotopic (exact) mass is 221 g/mol. The Morgan fingerprint density at radius 2 is 1.69 bits per heavy atom. The smallest absolute Gasteiger partial charge is 0.330 e. The van der Waals surface area contributed by atoms with E-state index in [0.717, 1.165) is 13.1 Å². The third-order valence-electron chi connectivity index (χ3n) is 1.74. The fourth-order valence-electron chi connectivity index (χ4n) is 1.08. The van der Waals surface area contributed by atoms with Crippen molar-refractivity contribution >= 4 is 5.97 Å². The van der Waals surface area contributed by atoms with Crippen molar-refractivity contribution < 1.29 is 9.53 Å². The van der Waals surface area contributed by atoms with Crippen LogP contribution >= 0.6 is 0 Å². The maximum absolute atomic E-state index is 11.1. The van der Waals surface area contributed by atoms with Gasteiger partial charge in [0.1, 0.15) is 6.61 Å². The molecule has 0 aliphatic heterocycles. The van der Waals surface area contributed by atoms with Crippen molar-refractivity contribution in [2.75, 3.05) is 26.2 Å². The molecule has 16 heavy (non-hydrogen) atoms. The molecule has 0 N–H and O–H groups in total. The molecule has 0 bridgehead atoms. The van der Waals surface area contributed by atoms with Crippen LogP contribution in [0, 0.1) is 0 Å². The Kier molecular flexibility index (Phi) is 8.93. The molecule has 0 amide bonds. The lowest BCUT2D eigenvalue weighted by Gasteiger charge is -2.15. The number of nitrogens with zero attached hydrogens (tertiary/aromatic N) is 1. The maximum atomic E-state index is 11.1. The molecule has 0 spiro atoms. The van der Waals surface area contributed by atoms with Crippen LogP contribution < -0.4 is 0 Å². The lowest BCUT2D eigenvalue weighted by atomic mass is 10.4. The van der Waals surface area contributed by atoms with Crippen molar-refractivity contribution in [1.29, 1.82) is 0 Å². The van der Waals surface area contributed by atoms with Crippen molar-refractivity contribution in [3.63, 3.8) is 0 Å². The lowest BCUT2D eigenvalue weighted by molar-refractivity contribution is -0.136. The molecule has 0 saturated heterocycles. The Bertz CT molecular complexity index is 259. The lowest BCUT2D eigenvalue weighted by Crippen LogP contribution is -2.24. The summed E-state index contributed by atoms with van der Waals surface area (Å²) in [5.74, 6) is -0.350. The van der Waals surface area contributed by atoms with Crippen molar-refractivity contribution in [2.45, 2.75) is 0 Å². The van der Waals surface area contributed by atoms with E-state index in [1.807, 2.05) is 12.2 Å². The van der Waals surface area contributed by atoms with Gasteiger partial charge >= 0.3 is 5.97 Å². The molecule has 0 radical (unpaired) electrons. The number of carbonyl (C=O) groups is 1. The van der Waals surface area contributed by atoms with Gasteiger partial charge in [0.05, 0.1) is 0 Å². The van der Waals surface area contributed by atoms with Crippen molar-refractivity contribution in [3.8, 4) is 0 Å². The third kappa shape index (κ3) is 7.76. The van der Waals surface area contributed by atoms with Gasteiger partial charge in [-0.15, -0.1) is 13.2 Å². The van der Waals surface area contributed by atoms with Crippen LogP contribution in [-0.2, 0) is 9.53 Å². The number of hydrogen-bond acceptors (Lipinski definition) is 3. The quantitative estimate of drug-likeness (QED) is 0.338. The molecular formula is C13H19NO2. The van der Waals surface area contributed by atoms with Crippen molar-refractivity contribution in [1.82, 2.24) is 4.90 Å². The Morgan fingerprint density at radius 3 is 2.19 bits per heavy atom. The molecule has 0 aliphatic carbocycles. The molecule has 0 rings (SSSR count). The first-order chi connectivity index (χ1) is 7.74. The van der Waals surface area contributed by atoms with Crippen LogP contribution in [0.25, 0.3) is 0 Å². The van der Waals surface area contributed by atoms with Gasteiger partial charge in [-0.05, 0) is 0 Å². The summed E-state index contributed by atoms with van der Waals surface area (Å²) in [6.07, 6.45) is 8.34. The van der Waals surface area contributed by atoms with Crippen LogP contribution in [0.15, 0.2) is 50.1 Å². The summed E-state index contributed by atoms with van der Waals surface area (Å²) in [4.78, 5) is 13.2. The van der Waals surface area contributed by atoms with Gasteiger partial charge in [-0.25, -0.2) is 4.79 Å². The molecule has 0 fully saturated rings. The molecule has 0 unspecified atom stereocenters. The molecule has 88 valence electrons. The minimum atomic E-state index is -0.350. The minimum Gasteiger partial charge on any atom is -0.458 e. The topological polar surface area (TPSA) is 29.5 Å². The normalized spacial score (nSPS) is 10.3. The Morgan fingerprint density at radius 1 is 1.06 bits per heavy atom. The summed E-state index contributed by atoms with van der Waals surface area (Å²) in [6, 6.07) is 0. The van der Waals surface area contributed by atoms with E-state index < -0.39 is 0 Å². The van der Waals surface area contributed by atoms with E-state index in [-0.39, 0.29) is 12.6 Å². The van der Waals surface area contributed by atoms with E-state index >= 15 is 0 Å². The molecule has 0 aliphatic rings. The van der Waals surface area contributed by atoms with Crippen LogP contribution in [0.3, 0.4) is 0 Å². The SMILES string of the molecule is C=CCOC(=O)C=CCN(CC=C)CC=C. The largest absolute Gasteiger partial charge is 0.458 e. The molecule has 0 aromatic heterocycles. The van der Waals surface area contributed by atoms with E-state index in [9.17, 15) is 4.79 Å². The second-order valence-corrected chi connectivity index (χ2v) is 3.12. The average molecular weight is 221 g/mol. The zero-order valence-electron chi connectivity index (χ0n) is 9.60. The minimum absolute atomic E-state index is 0.242. The summed E-state index contributed by atoms with van der Waals surface area (Å²) in [7, 11) is 0. The molecule has 3 nitrogen and oxygen atoms in total. The van der Waals surface area contributed by atoms with Crippen LogP contribution in [0.2, 0.25) is 0 Å². The highest BCUT2D eigenvalue weighted by Gasteiger charge is 1.98. The Labute approximate surface area is 97.4 Å². The second kappa shape index (κ2) is 9.93. The molecule has 0 heterocycles. The third-order valence-corrected chi connectivity index (χ3v) is 1.74. The van der Waals surface area contributed by atoms with Gasteiger partial charge < -0.3 is 4.74 Å². The van der Waals surface area contributed by atoms with Gasteiger partial charge in [0.25, 0.3) is 0 Å². The number of rotatable bonds is 9. The summed E-state index contributed by atoms with van der Waals surface area (Å²) in [5.41, 5.74) is 0. The van der Waals surface area contributed by atoms with Crippen LogP contribution in [0.5, 0.6) is 0 Å². The van der Waals surface area contributed by atoms with Gasteiger partial charge in [0.15, 0.2) is 0 Å². The Balaban J connectivity index is 3.92. The number of carbonyl (C=O) groups excluding carboxylic acids is 1. The first-order valence-corrected chi connectivity index (χ1v) is 5.13. The zero-order chi connectivity index (χ0) is 12.2. The molecule has 0 atom stereocenters. The fraction of sp³-hybridized carbons (Fsp3) is 0.308. The highest BCUT2D eigenvalue weighted by molar-refractivity contribution is 5.81. The summed E-state index contributed by atoms with van der Waals surface area (Å²) in [5, 5.41) is 0. The highest BCUT2D eigenvalue weighted by atomic mass is 16.5. The first kappa shape index (κ1) is 14.4. The molecular weight excluding hydrogens is 202 g/mol. The van der Waals surface area contributed by atoms with Gasteiger partial charge in [-0.3, -0.25) is 4.90 Å². The number of ether oxygens (including phenoxy) is 1. The molecule has 0 aromatic rings. The van der Waals surface area contributed by atoms with E-state index in [1.54, 1.807) is 6.08 Å². The predicted molar refractivity (Wildman–Crippen MR) is 67.1 cm³/mol. The van der Waals surface area contributed by atoms with Crippen molar-refractivity contribution in [2.24, 2.45) is 0 Å². The predicted octanol–water partition coefficient (Wildman–Crippen LogP) is 1.95. The maximum Gasteiger partial charge on any atom is 0.330 e. The van der Waals surface area contributed by atoms with E-state index in [4.69, 9.17) is 4.74 Å². The standard InChI is InChI=1S/C13H19NO2/c1-4-9-14(10-5-2)11-7-8-13(15)16-12-6-3/h4-8H,1-3,9-12H2. The van der Waals surface area contributed by atoms with E-state index in [0.29, 0.717) is 6.54 Å². The summed E-state index contributed by atoms with van der Waals surface area (Å²) < 4.78 is 4.79. The van der Waals surface area contributed by atoms with Gasteiger partial charge in [-0.1, -0.05) is 30.9 Å². The second-order valence-electron chi connectivity index (χ2n) is 3.12. The fourth-order valence-corrected chi connectivity index (χ4v) is 1.08. The highest BCUT2D eigenvalue weighted by Crippen LogP contribution is 1.91. The summed E-state index contributed by atoms with van der Waals surface area (Å²) in [6.45, 7) is 13.2.